The van der Waals surface area contributed by atoms with Gasteiger partial charge in [0.1, 0.15) is 5.75 Å². The van der Waals surface area contributed by atoms with E-state index in [9.17, 15) is 9.90 Å². The fraction of sp³-hybridized carbons (Fsp3) is 0.552. The fourth-order valence-electron chi connectivity index (χ4n) is 6.15. The molecule has 2 aliphatic rings. The number of aryl methyl sites for hydroxylation is 1. The summed E-state index contributed by atoms with van der Waals surface area (Å²) in [6.45, 7) is 1.86. The van der Waals surface area contributed by atoms with Gasteiger partial charge in [-0.1, -0.05) is 48.9 Å². The minimum absolute atomic E-state index is 0.00215. The molecule has 5 nitrogen and oxygen atoms in total. The Balaban J connectivity index is 1.36. The number of hydrogen-bond acceptors (Lipinski definition) is 4. The molecule has 1 saturated heterocycles. The standard InChI is InChI=1S/C29H40N2O3/c1-31-17-16-29(23-13-9-14-25(18-23)34-2)20-24(19-27(32)26(29)21-31)30-28(33)15-8-4-7-12-22-10-5-3-6-11-22/h3,5-6,9-11,13-14,18,24,26-27,32H,4,7-8,12,15-17,19-21H2,1-2H3,(H,30,33)/t24-,26-,27?,29-/m0/s1. The van der Waals surface area contributed by atoms with Gasteiger partial charge in [0.2, 0.25) is 5.91 Å². The number of carbonyl (C=O) groups excluding carboxylic acids is 1. The highest BCUT2D eigenvalue weighted by Crippen LogP contribution is 2.49. The summed E-state index contributed by atoms with van der Waals surface area (Å²) in [7, 11) is 3.83. The molecule has 2 aromatic rings. The van der Waals surface area contributed by atoms with Gasteiger partial charge in [-0.05, 0) is 75.4 Å². The molecule has 0 aromatic heterocycles. The molecule has 1 aliphatic carbocycles. The Kier molecular flexibility index (Phi) is 8.28. The second kappa shape index (κ2) is 11.4. The Morgan fingerprint density at radius 3 is 2.76 bits per heavy atom. The zero-order valence-corrected chi connectivity index (χ0v) is 20.7. The number of rotatable bonds is 9. The van der Waals surface area contributed by atoms with Gasteiger partial charge in [-0.15, -0.1) is 0 Å². The first-order valence-corrected chi connectivity index (χ1v) is 12.8. The first-order chi connectivity index (χ1) is 16.5. The van der Waals surface area contributed by atoms with Crippen molar-refractivity contribution in [2.75, 3.05) is 27.2 Å². The van der Waals surface area contributed by atoms with E-state index in [1.54, 1.807) is 7.11 Å². The average Bonchev–Trinajstić information content (AvgIpc) is 2.85. The fourth-order valence-corrected chi connectivity index (χ4v) is 6.15. The van der Waals surface area contributed by atoms with Gasteiger partial charge in [-0.2, -0.15) is 0 Å². The summed E-state index contributed by atoms with van der Waals surface area (Å²) in [5.41, 5.74) is 2.44. The summed E-state index contributed by atoms with van der Waals surface area (Å²) < 4.78 is 5.51. The quantitative estimate of drug-likeness (QED) is 0.543. The molecule has 5 heteroatoms. The van der Waals surface area contributed by atoms with Crippen LogP contribution in [0.5, 0.6) is 5.75 Å². The van der Waals surface area contributed by atoms with Crippen LogP contribution in [0.3, 0.4) is 0 Å². The van der Waals surface area contributed by atoms with Crippen LogP contribution in [0.25, 0.3) is 0 Å². The van der Waals surface area contributed by atoms with Gasteiger partial charge in [0.25, 0.3) is 0 Å². The molecule has 0 radical (unpaired) electrons. The number of methoxy groups -OCH3 is 1. The molecule has 1 aliphatic heterocycles. The first kappa shape index (κ1) is 24.7. The highest BCUT2D eigenvalue weighted by molar-refractivity contribution is 5.76. The Morgan fingerprint density at radius 2 is 1.97 bits per heavy atom. The van der Waals surface area contributed by atoms with E-state index in [0.717, 1.165) is 57.4 Å². The van der Waals surface area contributed by atoms with Crippen LogP contribution in [-0.4, -0.2) is 55.3 Å². The van der Waals surface area contributed by atoms with Crippen LogP contribution in [-0.2, 0) is 16.6 Å². The van der Waals surface area contributed by atoms with Crippen molar-refractivity contribution in [1.29, 1.82) is 0 Å². The van der Waals surface area contributed by atoms with Crippen molar-refractivity contribution in [2.45, 2.75) is 68.9 Å². The van der Waals surface area contributed by atoms with Crippen LogP contribution in [0.4, 0.5) is 0 Å². The molecule has 4 rings (SSSR count). The molecular weight excluding hydrogens is 424 g/mol. The molecule has 1 amide bonds. The molecule has 2 fully saturated rings. The maximum absolute atomic E-state index is 12.8. The Morgan fingerprint density at radius 1 is 1.15 bits per heavy atom. The molecular formula is C29H40N2O3. The van der Waals surface area contributed by atoms with Crippen LogP contribution in [0.2, 0.25) is 0 Å². The SMILES string of the molecule is COc1cccc([C@@]23CCN(C)C[C@H]2C(O)C[C@H](NC(=O)CCCCCc2ccccc2)C3)c1. The molecule has 1 unspecified atom stereocenters. The third-order valence-corrected chi connectivity index (χ3v) is 7.98. The third kappa shape index (κ3) is 5.81. The van der Waals surface area contributed by atoms with E-state index in [2.05, 4.69) is 53.7 Å². The van der Waals surface area contributed by atoms with Crippen LogP contribution in [0.15, 0.2) is 54.6 Å². The highest BCUT2D eigenvalue weighted by Gasteiger charge is 2.51. The number of benzene rings is 2. The number of aliphatic hydroxyl groups is 1. The number of aliphatic hydroxyl groups excluding tert-OH is 1. The van der Waals surface area contributed by atoms with Crippen LogP contribution < -0.4 is 10.1 Å². The van der Waals surface area contributed by atoms with E-state index in [0.29, 0.717) is 12.8 Å². The zero-order valence-electron chi connectivity index (χ0n) is 20.7. The molecule has 0 bridgehead atoms. The third-order valence-electron chi connectivity index (χ3n) is 7.98. The van der Waals surface area contributed by atoms with Crippen molar-refractivity contribution in [3.63, 3.8) is 0 Å². The maximum Gasteiger partial charge on any atom is 0.220 e. The monoisotopic (exact) mass is 464 g/mol. The lowest BCUT2D eigenvalue weighted by atomic mass is 9.57. The van der Waals surface area contributed by atoms with E-state index in [1.165, 1.54) is 11.1 Å². The topological polar surface area (TPSA) is 61.8 Å². The maximum atomic E-state index is 12.8. The molecule has 34 heavy (non-hydrogen) atoms. The van der Waals surface area contributed by atoms with E-state index in [4.69, 9.17) is 4.74 Å². The first-order valence-electron chi connectivity index (χ1n) is 12.8. The van der Waals surface area contributed by atoms with E-state index >= 15 is 0 Å². The average molecular weight is 465 g/mol. The Labute approximate surface area is 204 Å². The number of nitrogens with zero attached hydrogens (tertiary/aromatic N) is 1. The van der Waals surface area contributed by atoms with Gasteiger partial charge in [-0.25, -0.2) is 0 Å². The zero-order chi connectivity index (χ0) is 24.0. The minimum Gasteiger partial charge on any atom is -0.497 e. The minimum atomic E-state index is -0.432. The number of ether oxygens (including phenoxy) is 1. The molecule has 2 N–H and O–H groups in total. The molecule has 1 heterocycles. The molecule has 2 aromatic carbocycles. The van der Waals surface area contributed by atoms with Crippen molar-refractivity contribution < 1.29 is 14.6 Å². The van der Waals surface area contributed by atoms with Gasteiger partial charge in [-0.3, -0.25) is 4.79 Å². The predicted molar refractivity (Wildman–Crippen MR) is 136 cm³/mol. The van der Waals surface area contributed by atoms with Gasteiger partial charge in [0, 0.05) is 30.3 Å². The lowest BCUT2D eigenvalue weighted by Crippen LogP contribution is -2.60. The lowest BCUT2D eigenvalue weighted by molar-refractivity contribution is -0.123. The Hall–Kier alpha value is -2.37. The number of fused-ring (bicyclic) bond motifs is 1. The number of carbonyl (C=O) groups is 1. The second-order valence-electron chi connectivity index (χ2n) is 10.3. The summed E-state index contributed by atoms with van der Waals surface area (Å²) in [5.74, 6) is 1.12. The number of likely N-dealkylation sites (tertiary alicyclic amines) is 1. The highest BCUT2D eigenvalue weighted by atomic mass is 16.5. The smallest absolute Gasteiger partial charge is 0.220 e. The number of piperidine rings is 1. The van der Waals surface area contributed by atoms with Crippen LogP contribution >= 0.6 is 0 Å². The van der Waals surface area contributed by atoms with Crippen LogP contribution in [0, 0.1) is 5.92 Å². The van der Waals surface area contributed by atoms with Gasteiger partial charge in [0.05, 0.1) is 13.2 Å². The van der Waals surface area contributed by atoms with Gasteiger partial charge < -0.3 is 20.1 Å². The van der Waals surface area contributed by atoms with Crippen molar-refractivity contribution >= 4 is 5.91 Å². The number of nitrogens with one attached hydrogen (secondary N) is 1. The predicted octanol–water partition coefficient (Wildman–Crippen LogP) is 4.33. The van der Waals surface area contributed by atoms with Crippen molar-refractivity contribution in [1.82, 2.24) is 10.2 Å². The summed E-state index contributed by atoms with van der Waals surface area (Å²) in [5, 5.41) is 14.5. The normalized spacial score (nSPS) is 27.1. The van der Waals surface area contributed by atoms with Crippen LogP contribution in [0.1, 0.15) is 56.1 Å². The molecule has 184 valence electrons. The number of hydrogen-bond donors (Lipinski definition) is 2. The largest absolute Gasteiger partial charge is 0.497 e. The summed E-state index contributed by atoms with van der Waals surface area (Å²) >= 11 is 0. The van der Waals surface area contributed by atoms with Gasteiger partial charge in [0.15, 0.2) is 0 Å². The summed E-state index contributed by atoms with van der Waals surface area (Å²) in [6.07, 6.45) is 6.73. The summed E-state index contributed by atoms with van der Waals surface area (Å²) in [4.78, 5) is 15.1. The lowest BCUT2D eigenvalue weighted by Gasteiger charge is -2.54. The molecule has 1 saturated carbocycles. The summed E-state index contributed by atoms with van der Waals surface area (Å²) in [6, 6.07) is 18.8. The number of unbranched alkanes of at least 4 members (excludes halogenated alkanes) is 2. The van der Waals surface area contributed by atoms with Crippen molar-refractivity contribution in [3.8, 4) is 5.75 Å². The second-order valence-corrected chi connectivity index (χ2v) is 10.3. The molecule has 4 atom stereocenters. The van der Waals surface area contributed by atoms with Crippen molar-refractivity contribution in [2.24, 2.45) is 5.92 Å². The van der Waals surface area contributed by atoms with Gasteiger partial charge >= 0.3 is 0 Å². The number of amides is 1. The molecule has 0 spiro atoms. The van der Waals surface area contributed by atoms with Crippen molar-refractivity contribution in [3.05, 3.63) is 65.7 Å². The van der Waals surface area contributed by atoms with E-state index in [1.807, 2.05) is 18.2 Å². The Bertz CT molecular complexity index is 934. The van der Waals surface area contributed by atoms with E-state index < -0.39 is 6.10 Å². The van der Waals surface area contributed by atoms with E-state index in [-0.39, 0.29) is 23.3 Å².